The molecule has 1 fully saturated rings. The number of hydrogen-bond acceptors (Lipinski definition) is 5. The summed E-state index contributed by atoms with van der Waals surface area (Å²) in [4.78, 5) is 6.91. The summed E-state index contributed by atoms with van der Waals surface area (Å²) in [5.74, 6) is 0.975. The van der Waals surface area contributed by atoms with Crippen LogP contribution in [-0.2, 0) is 11.3 Å². The van der Waals surface area contributed by atoms with Gasteiger partial charge in [-0.3, -0.25) is 0 Å². The lowest BCUT2D eigenvalue weighted by molar-refractivity contribution is 0.198. The minimum atomic E-state index is -0.246. The van der Waals surface area contributed by atoms with E-state index in [9.17, 15) is 5.11 Å². The molecule has 6 nitrogen and oxygen atoms in total. The second-order valence-electron chi connectivity index (χ2n) is 5.37. The summed E-state index contributed by atoms with van der Waals surface area (Å²) in [6.45, 7) is 3.74. The number of methoxy groups -OCH3 is 1. The largest absolute Gasteiger partial charge is 0.391 e. The van der Waals surface area contributed by atoms with E-state index in [0.29, 0.717) is 13.2 Å². The van der Waals surface area contributed by atoms with Gasteiger partial charge in [0.25, 0.3) is 0 Å². The van der Waals surface area contributed by atoms with Crippen LogP contribution < -0.4 is 10.2 Å². The summed E-state index contributed by atoms with van der Waals surface area (Å²) < 4.78 is 7.18. The van der Waals surface area contributed by atoms with Crippen LogP contribution in [0.4, 0.5) is 5.82 Å². The van der Waals surface area contributed by atoms with Crippen LogP contribution in [0, 0.1) is 0 Å². The quantitative estimate of drug-likeness (QED) is 0.765. The number of nitrogens with zero attached hydrogens (tertiary/aromatic N) is 3. The van der Waals surface area contributed by atoms with Gasteiger partial charge in [0.2, 0.25) is 0 Å². The van der Waals surface area contributed by atoms with Crippen LogP contribution in [0.25, 0.3) is 5.65 Å². The molecule has 0 aromatic carbocycles. The molecule has 0 amide bonds. The molecule has 1 saturated heterocycles. The van der Waals surface area contributed by atoms with E-state index in [1.807, 2.05) is 24.4 Å². The normalized spacial score (nSPS) is 18.8. The minimum Gasteiger partial charge on any atom is -0.391 e. The van der Waals surface area contributed by atoms with Crippen LogP contribution in [0.3, 0.4) is 0 Å². The maximum atomic E-state index is 9.76. The number of imidazole rings is 1. The molecule has 0 spiro atoms. The summed E-state index contributed by atoms with van der Waals surface area (Å²) in [5.41, 5.74) is 2.08. The molecule has 1 aliphatic rings. The smallest absolute Gasteiger partial charge is 0.152 e. The fourth-order valence-electron chi connectivity index (χ4n) is 2.77. The van der Waals surface area contributed by atoms with E-state index in [4.69, 9.17) is 9.72 Å². The zero-order valence-corrected chi connectivity index (χ0v) is 12.3. The third-order valence-corrected chi connectivity index (χ3v) is 3.85. The highest BCUT2D eigenvalue weighted by Crippen LogP contribution is 2.25. The predicted molar refractivity (Wildman–Crippen MR) is 81.6 cm³/mol. The van der Waals surface area contributed by atoms with E-state index >= 15 is 0 Å². The van der Waals surface area contributed by atoms with Gasteiger partial charge in [0.05, 0.1) is 18.4 Å². The number of aromatic nitrogens is 2. The number of hydrogen-bond donors (Lipinski definition) is 2. The van der Waals surface area contributed by atoms with Gasteiger partial charge in [0.15, 0.2) is 5.82 Å². The average Bonchev–Trinajstić information content (AvgIpc) is 3.07. The summed E-state index contributed by atoms with van der Waals surface area (Å²) in [5, 5.41) is 13.1. The zero-order valence-electron chi connectivity index (χ0n) is 12.3. The van der Waals surface area contributed by atoms with Crippen LogP contribution in [-0.4, -0.2) is 53.9 Å². The van der Waals surface area contributed by atoms with Gasteiger partial charge >= 0.3 is 0 Å². The van der Waals surface area contributed by atoms with Crippen LogP contribution in [0.2, 0.25) is 0 Å². The van der Waals surface area contributed by atoms with Gasteiger partial charge in [-0.2, -0.15) is 0 Å². The van der Waals surface area contributed by atoms with Crippen molar-refractivity contribution in [3.8, 4) is 0 Å². The van der Waals surface area contributed by atoms with Crippen LogP contribution in [0.15, 0.2) is 24.4 Å². The molecule has 0 radical (unpaired) electrons. The summed E-state index contributed by atoms with van der Waals surface area (Å²) in [6, 6.07) is 6.01. The molecule has 21 heavy (non-hydrogen) atoms. The van der Waals surface area contributed by atoms with Crippen molar-refractivity contribution in [2.75, 3.05) is 38.3 Å². The van der Waals surface area contributed by atoms with Crippen LogP contribution in [0.1, 0.15) is 12.1 Å². The van der Waals surface area contributed by atoms with Gasteiger partial charge in [-0.1, -0.05) is 6.07 Å². The van der Waals surface area contributed by atoms with Gasteiger partial charge in [0.1, 0.15) is 5.65 Å². The Morgan fingerprint density at radius 1 is 1.48 bits per heavy atom. The Kier molecular flexibility index (Phi) is 4.38. The first-order valence-corrected chi connectivity index (χ1v) is 7.38. The van der Waals surface area contributed by atoms with Crippen molar-refractivity contribution in [1.82, 2.24) is 14.7 Å². The van der Waals surface area contributed by atoms with E-state index in [0.717, 1.165) is 43.2 Å². The molecule has 1 aliphatic heterocycles. The molecule has 2 aromatic rings. The molecule has 1 atom stereocenters. The van der Waals surface area contributed by atoms with E-state index in [1.165, 1.54) is 0 Å². The number of fused-ring (bicyclic) bond motifs is 1. The van der Waals surface area contributed by atoms with Gasteiger partial charge < -0.3 is 24.5 Å². The predicted octanol–water partition coefficient (Wildman–Crippen LogP) is 0.641. The zero-order chi connectivity index (χ0) is 14.7. The molecular formula is C15H22N4O2. The highest BCUT2D eigenvalue weighted by molar-refractivity contribution is 5.56. The molecule has 6 heteroatoms. The molecular weight excluding hydrogens is 268 g/mol. The van der Waals surface area contributed by atoms with E-state index < -0.39 is 0 Å². The lowest BCUT2D eigenvalue weighted by Gasteiger charge is -2.17. The highest BCUT2D eigenvalue weighted by Gasteiger charge is 2.25. The standard InChI is InChI=1S/C15H22N4O2/c1-21-9-6-16-10-13-15(18-8-5-12(20)11-18)17-14-4-2-3-7-19(13)14/h2-4,7,12,16,20H,5-6,8-11H2,1H3. The fraction of sp³-hybridized carbons (Fsp3) is 0.533. The molecule has 0 aliphatic carbocycles. The number of nitrogens with one attached hydrogen (secondary N) is 1. The minimum absolute atomic E-state index is 0.246. The first kappa shape index (κ1) is 14.3. The Bertz CT molecular complexity index is 598. The summed E-state index contributed by atoms with van der Waals surface area (Å²) in [6.07, 6.45) is 2.60. The Balaban J connectivity index is 1.86. The van der Waals surface area contributed by atoms with Crippen molar-refractivity contribution >= 4 is 11.5 Å². The lowest BCUT2D eigenvalue weighted by Crippen LogP contribution is -2.25. The number of pyridine rings is 1. The number of rotatable bonds is 6. The molecule has 114 valence electrons. The third kappa shape index (κ3) is 3.02. The SMILES string of the molecule is COCCNCc1c(N2CCC(O)C2)nc2ccccn12. The van der Waals surface area contributed by atoms with E-state index in [1.54, 1.807) is 7.11 Å². The number of aliphatic hydroxyl groups excluding tert-OH is 1. The molecule has 3 heterocycles. The van der Waals surface area contributed by atoms with Crippen molar-refractivity contribution in [2.24, 2.45) is 0 Å². The van der Waals surface area contributed by atoms with Crippen molar-refractivity contribution < 1.29 is 9.84 Å². The number of aliphatic hydroxyl groups is 1. The van der Waals surface area contributed by atoms with E-state index in [-0.39, 0.29) is 6.10 Å². The number of β-amino-alcohol motifs (C(OH)–C–C–N with tert-alkyl or cyclic N) is 1. The Labute approximate surface area is 124 Å². The van der Waals surface area contributed by atoms with Gasteiger partial charge in [-0.25, -0.2) is 4.98 Å². The number of ether oxygens (including phenoxy) is 1. The van der Waals surface area contributed by atoms with Crippen molar-refractivity contribution in [2.45, 2.75) is 19.1 Å². The maximum absolute atomic E-state index is 9.76. The molecule has 1 unspecified atom stereocenters. The van der Waals surface area contributed by atoms with Gasteiger partial charge in [0, 0.05) is 39.5 Å². The second kappa shape index (κ2) is 6.43. The fourth-order valence-corrected chi connectivity index (χ4v) is 2.77. The molecule has 2 N–H and O–H groups in total. The maximum Gasteiger partial charge on any atom is 0.152 e. The highest BCUT2D eigenvalue weighted by atomic mass is 16.5. The van der Waals surface area contributed by atoms with Gasteiger partial charge in [-0.15, -0.1) is 0 Å². The van der Waals surface area contributed by atoms with Crippen LogP contribution in [0.5, 0.6) is 0 Å². The van der Waals surface area contributed by atoms with Crippen molar-refractivity contribution in [1.29, 1.82) is 0 Å². The lowest BCUT2D eigenvalue weighted by atomic mass is 10.3. The number of anilines is 1. The summed E-state index contributed by atoms with van der Waals surface area (Å²) in [7, 11) is 1.70. The average molecular weight is 290 g/mol. The molecule has 3 rings (SSSR count). The Morgan fingerprint density at radius 3 is 3.14 bits per heavy atom. The van der Waals surface area contributed by atoms with Crippen LogP contribution >= 0.6 is 0 Å². The first-order chi connectivity index (χ1) is 10.3. The molecule has 0 bridgehead atoms. The first-order valence-electron chi connectivity index (χ1n) is 7.38. The Morgan fingerprint density at radius 2 is 2.38 bits per heavy atom. The van der Waals surface area contributed by atoms with Gasteiger partial charge in [-0.05, 0) is 18.6 Å². The monoisotopic (exact) mass is 290 g/mol. The van der Waals surface area contributed by atoms with Crippen molar-refractivity contribution in [3.63, 3.8) is 0 Å². The molecule has 0 saturated carbocycles. The second-order valence-corrected chi connectivity index (χ2v) is 5.37. The topological polar surface area (TPSA) is 62.0 Å². The van der Waals surface area contributed by atoms with Crippen molar-refractivity contribution in [3.05, 3.63) is 30.1 Å². The summed E-state index contributed by atoms with van der Waals surface area (Å²) >= 11 is 0. The third-order valence-electron chi connectivity index (χ3n) is 3.85. The van der Waals surface area contributed by atoms with E-state index in [2.05, 4.69) is 14.6 Å². The molecule has 2 aromatic heterocycles. The Hall–Kier alpha value is -1.63.